The number of hydrogen-bond acceptors (Lipinski definition) is 0. The van der Waals surface area contributed by atoms with Crippen LogP contribution in [0.2, 0.25) is 0 Å². The third-order valence-corrected chi connectivity index (χ3v) is 7.28. The predicted molar refractivity (Wildman–Crippen MR) is 105 cm³/mol. The Morgan fingerprint density at radius 3 is 1.74 bits per heavy atom. The molecule has 27 heavy (non-hydrogen) atoms. The van der Waals surface area contributed by atoms with Crippen molar-refractivity contribution in [2.45, 2.75) is 96.8 Å². The van der Waals surface area contributed by atoms with Gasteiger partial charge in [0.05, 0.1) is 0 Å². The van der Waals surface area contributed by atoms with Crippen LogP contribution in [0.15, 0.2) is 6.07 Å². The van der Waals surface area contributed by atoms with Gasteiger partial charge in [-0.3, -0.25) is 0 Å². The smallest absolute Gasteiger partial charge is 0.165 e. The van der Waals surface area contributed by atoms with Crippen LogP contribution < -0.4 is 0 Å². The first-order valence-corrected chi connectivity index (χ1v) is 11.1. The van der Waals surface area contributed by atoms with Crippen LogP contribution in [0.25, 0.3) is 0 Å². The topological polar surface area (TPSA) is 0 Å². The SMILES string of the molecule is CCC[C@H]1CC[C@H](CC[C@H]2CC[C@H](c3c(F)cc(C)c(F)c3F)CC2)CC1. The zero-order valence-corrected chi connectivity index (χ0v) is 17.0. The van der Waals surface area contributed by atoms with Gasteiger partial charge in [-0.25, -0.2) is 13.2 Å². The summed E-state index contributed by atoms with van der Waals surface area (Å²) in [5.74, 6) is -0.0548. The van der Waals surface area contributed by atoms with E-state index >= 15 is 0 Å². The monoisotopic (exact) mass is 380 g/mol. The van der Waals surface area contributed by atoms with Crippen LogP contribution in [0, 0.1) is 42.1 Å². The lowest BCUT2D eigenvalue weighted by Crippen LogP contribution is -2.19. The highest BCUT2D eigenvalue weighted by Gasteiger charge is 2.29. The van der Waals surface area contributed by atoms with Gasteiger partial charge in [0.15, 0.2) is 11.6 Å². The Labute approximate surface area is 162 Å². The van der Waals surface area contributed by atoms with Crippen molar-refractivity contribution < 1.29 is 13.2 Å². The van der Waals surface area contributed by atoms with Gasteiger partial charge in [-0.15, -0.1) is 0 Å². The lowest BCUT2D eigenvalue weighted by atomic mass is 9.74. The molecule has 2 aliphatic rings. The van der Waals surface area contributed by atoms with E-state index in [4.69, 9.17) is 0 Å². The summed E-state index contributed by atoms with van der Waals surface area (Å²) in [7, 11) is 0. The fourth-order valence-electron chi connectivity index (χ4n) is 5.53. The van der Waals surface area contributed by atoms with E-state index in [1.165, 1.54) is 58.3 Å². The van der Waals surface area contributed by atoms with Gasteiger partial charge in [0.25, 0.3) is 0 Å². The quantitative estimate of drug-likeness (QED) is 0.438. The van der Waals surface area contributed by atoms with Gasteiger partial charge in [0, 0.05) is 5.56 Å². The molecule has 0 nitrogen and oxygen atoms in total. The highest BCUT2D eigenvalue weighted by molar-refractivity contribution is 5.30. The molecule has 2 aliphatic carbocycles. The molecule has 0 atom stereocenters. The second kappa shape index (κ2) is 9.47. The molecule has 0 amide bonds. The highest BCUT2D eigenvalue weighted by Crippen LogP contribution is 2.42. The minimum absolute atomic E-state index is 0.00852. The Morgan fingerprint density at radius 1 is 0.741 bits per heavy atom. The van der Waals surface area contributed by atoms with Crippen molar-refractivity contribution in [3.05, 3.63) is 34.6 Å². The molecular weight excluding hydrogens is 345 g/mol. The largest absolute Gasteiger partial charge is 0.207 e. The van der Waals surface area contributed by atoms with Crippen molar-refractivity contribution in [3.8, 4) is 0 Å². The van der Waals surface area contributed by atoms with E-state index < -0.39 is 17.5 Å². The first-order valence-electron chi connectivity index (χ1n) is 11.1. The zero-order chi connectivity index (χ0) is 19.4. The third kappa shape index (κ3) is 5.09. The lowest BCUT2D eigenvalue weighted by Gasteiger charge is -2.32. The maximum atomic E-state index is 14.3. The van der Waals surface area contributed by atoms with Gasteiger partial charge in [0.1, 0.15) is 5.82 Å². The maximum Gasteiger partial charge on any atom is 0.165 e. The fourth-order valence-corrected chi connectivity index (χ4v) is 5.53. The van der Waals surface area contributed by atoms with E-state index in [9.17, 15) is 13.2 Å². The Bertz CT molecular complexity index is 609. The van der Waals surface area contributed by atoms with E-state index in [-0.39, 0.29) is 17.0 Å². The van der Waals surface area contributed by atoms with Crippen LogP contribution in [0.3, 0.4) is 0 Å². The molecule has 0 N–H and O–H groups in total. The van der Waals surface area contributed by atoms with Crippen molar-refractivity contribution in [1.29, 1.82) is 0 Å². The number of halogens is 3. The summed E-state index contributed by atoms with van der Waals surface area (Å²) in [6.45, 7) is 3.70. The van der Waals surface area contributed by atoms with Gasteiger partial charge in [0.2, 0.25) is 0 Å². The molecular formula is C24H35F3. The van der Waals surface area contributed by atoms with Gasteiger partial charge in [-0.1, -0.05) is 58.3 Å². The Morgan fingerprint density at radius 2 is 1.22 bits per heavy atom. The Hall–Kier alpha value is -0.990. The molecule has 0 aromatic heterocycles. The Kier molecular flexibility index (Phi) is 7.28. The third-order valence-electron chi connectivity index (χ3n) is 7.28. The van der Waals surface area contributed by atoms with Crippen LogP contribution in [-0.2, 0) is 0 Å². The summed E-state index contributed by atoms with van der Waals surface area (Å²) >= 11 is 0. The van der Waals surface area contributed by atoms with Crippen LogP contribution >= 0.6 is 0 Å². The molecule has 3 rings (SSSR count). The van der Waals surface area contributed by atoms with Crippen LogP contribution in [0.4, 0.5) is 13.2 Å². The van der Waals surface area contributed by atoms with Gasteiger partial charge in [-0.2, -0.15) is 0 Å². The van der Waals surface area contributed by atoms with Crippen molar-refractivity contribution in [2.75, 3.05) is 0 Å². The molecule has 152 valence electrons. The molecule has 0 heterocycles. The van der Waals surface area contributed by atoms with Gasteiger partial charge in [-0.05, 0) is 67.9 Å². The summed E-state index contributed by atoms with van der Waals surface area (Å²) in [6, 6.07) is 1.15. The predicted octanol–water partition coefficient (Wildman–Crippen LogP) is 8.07. The number of hydrogen-bond donors (Lipinski definition) is 0. The number of benzene rings is 1. The molecule has 0 radical (unpaired) electrons. The van der Waals surface area contributed by atoms with Crippen molar-refractivity contribution in [2.24, 2.45) is 17.8 Å². The summed E-state index contributed by atoms with van der Waals surface area (Å²) in [5.41, 5.74) is 0.0434. The van der Waals surface area contributed by atoms with Crippen LogP contribution in [0.5, 0.6) is 0 Å². The molecule has 0 aliphatic heterocycles. The van der Waals surface area contributed by atoms with E-state index in [1.807, 2.05) is 0 Å². The van der Waals surface area contributed by atoms with E-state index in [1.54, 1.807) is 0 Å². The van der Waals surface area contributed by atoms with Gasteiger partial charge >= 0.3 is 0 Å². The standard InChI is InChI=1S/C24H35F3/c1-3-4-17-5-7-18(8-6-17)9-10-19-11-13-20(14-12-19)22-21(25)15-16(2)23(26)24(22)27/h15,17-20H,3-14H2,1-2H3/t17-,18-,19-,20-. The number of rotatable bonds is 6. The minimum Gasteiger partial charge on any atom is -0.207 e. The molecule has 0 spiro atoms. The molecule has 0 bridgehead atoms. The van der Waals surface area contributed by atoms with Crippen molar-refractivity contribution in [1.82, 2.24) is 0 Å². The second-order valence-electron chi connectivity index (χ2n) is 9.19. The zero-order valence-electron chi connectivity index (χ0n) is 17.0. The average molecular weight is 381 g/mol. The summed E-state index contributed by atoms with van der Waals surface area (Å²) in [6.07, 6.45) is 14.5. The molecule has 2 fully saturated rings. The molecule has 0 unspecified atom stereocenters. The lowest BCUT2D eigenvalue weighted by molar-refractivity contribution is 0.222. The first kappa shape index (κ1) is 20.7. The second-order valence-corrected chi connectivity index (χ2v) is 9.19. The summed E-state index contributed by atoms with van der Waals surface area (Å²) in [5, 5.41) is 0. The number of aryl methyl sites for hydroxylation is 1. The maximum absolute atomic E-state index is 14.3. The van der Waals surface area contributed by atoms with E-state index in [0.717, 1.165) is 43.6 Å². The average Bonchev–Trinajstić information content (AvgIpc) is 2.67. The van der Waals surface area contributed by atoms with E-state index in [2.05, 4.69) is 6.92 Å². The summed E-state index contributed by atoms with van der Waals surface area (Å²) in [4.78, 5) is 0. The normalized spacial score (nSPS) is 29.1. The first-order chi connectivity index (χ1) is 13.0. The molecule has 2 saturated carbocycles. The van der Waals surface area contributed by atoms with Gasteiger partial charge < -0.3 is 0 Å². The Balaban J connectivity index is 1.46. The van der Waals surface area contributed by atoms with Crippen molar-refractivity contribution >= 4 is 0 Å². The molecule has 3 heteroatoms. The fraction of sp³-hybridized carbons (Fsp3) is 0.750. The molecule has 1 aromatic carbocycles. The van der Waals surface area contributed by atoms with Crippen molar-refractivity contribution in [3.63, 3.8) is 0 Å². The van der Waals surface area contributed by atoms with Crippen LogP contribution in [0.1, 0.15) is 101 Å². The summed E-state index contributed by atoms with van der Waals surface area (Å²) < 4.78 is 42.4. The van der Waals surface area contributed by atoms with Crippen LogP contribution in [-0.4, -0.2) is 0 Å². The highest BCUT2D eigenvalue weighted by atomic mass is 19.2. The molecule has 1 aromatic rings. The van der Waals surface area contributed by atoms with E-state index in [0.29, 0.717) is 5.92 Å². The minimum atomic E-state index is -0.959. The molecule has 0 saturated heterocycles.